The van der Waals surface area contributed by atoms with E-state index in [1.54, 1.807) is 0 Å². The zero-order chi connectivity index (χ0) is 13.8. The first-order chi connectivity index (χ1) is 9.06. The Balaban J connectivity index is 2.15. The van der Waals surface area contributed by atoms with Gasteiger partial charge in [0.2, 0.25) is 0 Å². The average Bonchev–Trinajstić information content (AvgIpc) is 2.37. The van der Waals surface area contributed by atoms with E-state index < -0.39 is 0 Å². The quantitative estimate of drug-likeness (QED) is 0.596. The van der Waals surface area contributed by atoms with Crippen molar-refractivity contribution in [3.05, 3.63) is 83.7 Å². The SMILES string of the molecule is C=C(C)/C=C/C1=C(C)[CH]C=C(C2=CC(C)[CH]C=C2)C1. The largest absolute Gasteiger partial charge is 0.0961 e. The molecular weight excluding hydrogens is 228 g/mol. The van der Waals surface area contributed by atoms with Crippen molar-refractivity contribution in [1.29, 1.82) is 0 Å². The van der Waals surface area contributed by atoms with Crippen LogP contribution in [0.2, 0.25) is 0 Å². The molecule has 0 heteroatoms. The molecule has 0 amide bonds. The Labute approximate surface area is 117 Å². The van der Waals surface area contributed by atoms with Gasteiger partial charge in [0.05, 0.1) is 0 Å². The fraction of sp³-hybridized carbons (Fsp3) is 0.263. The zero-order valence-corrected chi connectivity index (χ0v) is 12.1. The topological polar surface area (TPSA) is 0 Å². The van der Waals surface area contributed by atoms with Gasteiger partial charge in [0, 0.05) is 6.42 Å². The molecule has 19 heavy (non-hydrogen) atoms. The molecule has 0 N–H and O–H groups in total. The summed E-state index contributed by atoms with van der Waals surface area (Å²) < 4.78 is 0. The fourth-order valence-corrected chi connectivity index (χ4v) is 2.31. The molecule has 0 aromatic carbocycles. The Morgan fingerprint density at radius 2 is 2.21 bits per heavy atom. The molecular formula is C19H22. The second-order valence-corrected chi connectivity index (χ2v) is 5.46. The normalized spacial score (nSPS) is 23.6. The van der Waals surface area contributed by atoms with E-state index >= 15 is 0 Å². The van der Waals surface area contributed by atoms with Gasteiger partial charge in [-0.05, 0) is 49.3 Å². The molecule has 2 rings (SSSR count). The van der Waals surface area contributed by atoms with Crippen LogP contribution in [0.5, 0.6) is 0 Å². The lowest BCUT2D eigenvalue weighted by molar-refractivity contribution is 0.864. The monoisotopic (exact) mass is 250 g/mol. The Hall–Kier alpha value is -1.56. The molecule has 1 unspecified atom stereocenters. The molecule has 2 aliphatic rings. The summed E-state index contributed by atoms with van der Waals surface area (Å²) >= 11 is 0. The molecule has 0 heterocycles. The molecule has 0 spiro atoms. The predicted molar refractivity (Wildman–Crippen MR) is 84.3 cm³/mol. The van der Waals surface area contributed by atoms with Gasteiger partial charge in [-0.1, -0.05) is 61.1 Å². The van der Waals surface area contributed by atoms with Gasteiger partial charge in [0.15, 0.2) is 0 Å². The first-order valence-electron chi connectivity index (χ1n) is 6.87. The van der Waals surface area contributed by atoms with Gasteiger partial charge in [0.25, 0.3) is 0 Å². The first-order valence-corrected chi connectivity index (χ1v) is 6.87. The standard InChI is InChI=1S/C19H22/c1-14(2)8-10-17-13-19(11-9-16(17)4)18-7-5-6-15(3)12-18/h5-12,15H,1,13H2,2-4H3/b10-8+. The second-order valence-electron chi connectivity index (χ2n) is 5.46. The summed E-state index contributed by atoms with van der Waals surface area (Å²) in [6.07, 6.45) is 18.7. The van der Waals surface area contributed by atoms with Crippen LogP contribution in [0.1, 0.15) is 27.2 Å². The summed E-state index contributed by atoms with van der Waals surface area (Å²) in [6, 6.07) is 0. The Morgan fingerprint density at radius 3 is 2.89 bits per heavy atom. The maximum Gasteiger partial charge on any atom is 0.00866 e. The number of allylic oxidation sites excluding steroid dienone is 11. The smallest absolute Gasteiger partial charge is 0.00866 e. The van der Waals surface area contributed by atoms with E-state index in [9.17, 15) is 0 Å². The van der Waals surface area contributed by atoms with E-state index in [-0.39, 0.29) is 0 Å². The molecule has 0 bridgehead atoms. The predicted octanol–water partition coefficient (Wildman–Crippen LogP) is 5.31. The van der Waals surface area contributed by atoms with Crippen molar-refractivity contribution in [2.75, 3.05) is 0 Å². The first kappa shape index (κ1) is 13.9. The van der Waals surface area contributed by atoms with Gasteiger partial charge >= 0.3 is 0 Å². The maximum absolute atomic E-state index is 3.92. The van der Waals surface area contributed by atoms with E-state index in [1.165, 1.54) is 22.3 Å². The highest BCUT2D eigenvalue weighted by atomic mass is 14.2. The van der Waals surface area contributed by atoms with Crippen molar-refractivity contribution in [2.24, 2.45) is 5.92 Å². The summed E-state index contributed by atoms with van der Waals surface area (Å²) in [5, 5.41) is 0. The van der Waals surface area contributed by atoms with Crippen LogP contribution < -0.4 is 0 Å². The van der Waals surface area contributed by atoms with Crippen molar-refractivity contribution in [3.63, 3.8) is 0 Å². The molecule has 2 aliphatic carbocycles. The Morgan fingerprint density at radius 1 is 1.42 bits per heavy atom. The van der Waals surface area contributed by atoms with Crippen molar-refractivity contribution in [2.45, 2.75) is 27.2 Å². The van der Waals surface area contributed by atoms with Crippen LogP contribution >= 0.6 is 0 Å². The molecule has 0 nitrogen and oxygen atoms in total. The lowest BCUT2D eigenvalue weighted by Gasteiger charge is -2.20. The lowest BCUT2D eigenvalue weighted by atomic mass is 9.85. The third-order valence-corrected chi connectivity index (χ3v) is 3.49. The summed E-state index contributed by atoms with van der Waals surface area (Å²) in [6.45, 7) is 10.3. The van der Waals surface area contributed by atoms with Crippen LogP contribution in [0.3, 0.4) is 0 Å². The van der Waals surface area contributed by atoms with Crippen LogP contribution in [-0.2, 0) is 0 Å². The van der Waals surface area contributed by atoms with Crippen LogP contribution in [0.15, 0.2) is 70.9 Å². The molecule has 0 aromatic rings. The van der Waals surface area contributed by atoms with E-state index in [0.717, 1.165) is 12.0 Å². The van der Waals surface area contributed by atoms with Gasteiger partial charge in [0.1, 0.15) is 0 Å². The molecule has 1 atom stereocenters. The second kappa shape index (κ2) is 6.06. The van der Waals surface area contributed by atoms with Crippen LogP contribution in [-0.4, -0.2) is 0 Å². The van der Waals surface area contributed by atoms with Crippen molar-refractivity contribution < 1.29 is 0 Å². The van der Waals surface area contributed by atoms with Crippen LogP contribution in [0.4, 0.5) is 0 Å². The van der Waals surface area contributed by atoms with Crippen molar-refractivity contribution >= 4 is 0 Å². The van der Waals surface area contributed by atoms with E-state index in [1.807, 2.05) is 6.92 Å². The highest BCUT2D eigenvalue weighted by Gasteiger charge is 2.14. The van der Waals surface area contributed by atoms with Crippen molar-refractivity contribution in [1.82, 2.24) is 0 Å². The molecule has 0 saturated heterocycles. The molecule has 0 aromatic heterocycles. The highest BCUT2D eigenvalue weighted by Crippen LogP contribution is 2.32. The third kappa shape index (κ3) is 3.70. The van der Waals surface area contributed by atoms with Gasteiger partial charge in [-0.25, -0.2) is 0 Å². The van der Waals surface area contributed by atoms with E-state index in [4.69, 9.17) is 0 Å². The number of hydrogen-bond acceptors (Lipinski definition) is 0. The Kier molecular flexibility index (Phi) is 4.42. The minimum Gasteiger partial charge on any atom is -0.0961 e. The average molecular weight is 250 g/mol. The molecule has 2 radical (unpaired) electrons. The highest BCUT2D eigenvalue weighted by molar-refractivity contribution is 5.53. The van der Waals surface area contributed by atoms with Crippen LogP contribution in [0, 0.1) is 18.8 Å². The van der Waals surface area contributed by atoms with Gasteiger partial charge in [-0.15, -0.1) is 0 Å². The lowest BCUT2D eigenvalue weighted by Crippen LogP contribution is -2.03. The molecule has 0 aliphatic heterocycles. The number of rotatable bonds is 3. The molecule has 0 fully saturated rings. The van der Waals surface area contributed by atoms with Gasteiger partial charge in [-0.2, -0.15) is 0 Å². The Bertz CT molecular complexity index is 518. The van der Waals surface area contributed by atoms with Gasteiger partial charge < -0.3 is 0 Å². The summed E-state index contributed by atoms with van der Waals surface area (Å²) in [5.41, 5.74) is 6.60. The number of hydrogen-bond donors (Lipinski definition) is 0. The third-order valence-electron chi connectivity index (χ3n) is 3.49. The van der Waals surface area contributed by atoms with Gasteiger partial charge in [-0.3, -0.25) is 0 Å². The van der Waals surface area contributed by atoms with E-state index in [2.05, 4.69) is 69.7 Å². The van der Waals surface area contributed by atoms with Crippen LogP contribution in [0.25, 0.3) is 0 Å². The summed E-state index contributed by atoms with van der Waals surface area (Å²) in [7, 11) is 0. The molecule has 98 valence electrons. The summed E-state index contributed by atoms with van der Waals surface area (Å²) in [4.78, 5) is 0. The minimum absolute atomic E-state index is 0.530. The fourth-order valence-electron chi connectivity index (χ4n) is 2.31. The van der Waals surface area contributed by atoms with Crippen molar-refractivity contribution in [3.8, 4) is 0 Å². The minimum atomic E-state index is 0.530. The molecule has 0 saturated carbocycles. The maximum atomic E-state index is 3.92. The van der Waals surface area contributed by atoms with E-state index in [0.29, 0.717) is 5.92 Å². The zero-order valence-electron chi connectivity index (χ0n) is 12.1. The summed E-state index contributed by atoms with van der Waals surface area (Å²) in [5.74, 6) is 0.530.